The van der Waals surface area contributed by atoms with Gasteiger partial charge in [0.05, 0.1) is 19.1 Å². The van der Waals surface area contributed by atoms with Gasteiger partial charge in [-0.25, -0.2) is 0 Å². The van der Waals surface area contributed by atoms with E-state index in [9.17, 15) is 4.79 Å². The lowest BCUT2D eigenvalue weighted by Crippen LogP contribution is -2.48. The molecule has 148 valence electrons. The summed E-state index contributed by atoms with van der Waals surface area (Å²) in [5, 5.41) is 0. The molecule has 3 rings (SSSR count). The molecule has 0 saturated carbocycles. The molecule has 0 spiro atoms. The van der Waals surface area contributed by atoms with Crippen molar-refractivity contribution in [3.05, 3.63) is 35.9 Å². The molecule has 26 heavy (non-hydrogen) atoms. The molecule has 2 fully saturated rings. The molecule has 0 bridgehead atoms. The van der Waals surface area contributed by atoms with Gasteiger partial charge in [0.15, 0.2) is 0 Å². The van der Waals surface area contributed by atoms with Gasteiger partial charge in [0, 0.05) is 38.3 Å². The summed E-state index contributed by atoms with van der Waals surface area (Å²) < 4.78 is 5.42. The Kier molecular flexibility index (Phi) is 9.90. The third-order valence-corrected chi connectivity index (χ3v) is 5.35. The van der Waals surface area contributed by atoms with Crippen LogP contribution in [0.15, 0.2) is 30.3 Å². The van der Waals surface area contributed by atoms with Crippen LogP contribution in [0.4, 0.5) is 0 Å². The zero-order chi connectivity index (χ0) is 16.9. The maximum absolute atomic E-state index is 13.0. The Morgan fingerprint density at radius 2 is 1.85 bits per heavy atom. The Labute approximate surface area is 169 Å². The Balaban J connectivity index is 0.00000169. The number of amides is 1. The zero-order valence-corrected chi connectivity index (χ0v) is 17.0. The van der Waals surface area contributed by atoms with Crippen molar-refractivity contribution in [2.45, 2.75) is 31.8 Å². The molecular weight excluding hydrogens is 373 g/mol. The summed E-state index contributed by atoms with van der Waals surface area (Å²) in [6.07, 6.45) is 2.18. The lowest BCUT2D eigenvalue weighted by molar-refractivity contribution is -0.137. The average molecular weight is 404 g/mol. The standard InChI is InChI=1S/C19H29N3O2.2ClH/c1-15(18(20)16-6-3-2-4-7-16)19(23)22-9-5-8-17(22)14-21-10-12-24-13-11-21;;/h2-4,6-7,15,17-18H,5,8-14,20H2,1H3;2*1H. The van der Waals surface area contributed by atoms with E-state index in [0.717, 1.165) is 57.8 Å². The Morgan fingerprint density at radius 1 is 1.19 bits per heavy atom. The molecule has 3 unspecified atom stereocenters. The van der Waals surface area contributed by atoms with Crippen molar-refractivity contribution in [2.75, 3.05) is 39.4 Å². The number of nitrogens with zero attached hydrogens (tertiary/aromatic N) is 2. The van der Waals surface area contributed by atoms with Crippen LogP contribution in [0.2, 0.25) is 0 Å². The summed E-state index contributed by atoms with van der Waals surface area (Å²) in [6, 6.07) is 10.0. The Morgan fingerprint density at radius 3 is 2.50 bits per heavy atom. The predicted octanol–water partition coefficient (Wildman–Crippen LogP) is 2.49. The number of carbonyl (C=O) groups is 1. The van der Waals surface area contributed by atoms with Crippen LogP contribution >= 0.6 is 24.8 Å². The Bertz CT molecular complexity index is 541. The van der Waals surface area contributed by atoms with Crippen LogP contribution in [-0.2, 0) is 9.53 Å². The van der Waals surface area contributed by atoms with Crippen molar-refractivity contribution in [1.82, 2.24) is 9.80 Å². The van der Waals surface area contributed by atoms with Gasteiger partial charge < -0.3 is 15.4 Å². The van der Waals surface area contributed by atoms with E-state index < -0.39 is 0 Å². The van der Waals surface area contributed by atoms with E-state index >= 15 is 0 Å². The van der Waals surface area contributed by atoms with Crippen LogP contribution in [-0.4, -0.2) is 61.1 Å². The number of carbonyl (C=O) groups excluding carboxylic acids is 1. The third-order valence-electron chi connectivity index (χ3n) is 5.35. The summed E-state index contributed by atoms with van der Waals surface area (Å²) in [6.45, 7) is 7.33. The fraction of sp³-hybridized carbons (Fsp3) is 0.632. The van der Waals surface area contributed by atoms with Gasteiger partial charge in [-0.05, 0) is 18.4 Å². The van der Waals surface area contributed by atoms with E-state index in [2.05, 4.69) is 9.80 Å². The number of morpholine rings is 1. The summed E-state index contributed by atoms with van der Waals surface area (Å²) in [7, 11) is 0. The molecule has 2 heterocycles. The smallest absolute Gasteiger partial charge is 0.227 e. The predicted molar refractivity (Wildman–Crippen MR) is 109 cm³/mol. The van der Waals surface area contributed by atoms with E-state index in [0.29, 0.717) is 6.04 Å². The van der Waals surface area contributed by atoms with E-state index in [1.807, 2.05) is 37.3 Å². The minimum absolute atomic E-state index is 0. The molecule has 2 aliphatic rings. The molecule has 2 saturated heterocycles. The van der Waals surface area contributed by atoms with Crippen molar-refractivity contribution >= 4 is 30.7 Å². The fourth-order valence-corrected chi connectivity index (χ4v) is 3.78. The summed E-state index contributed by atoms with van der Waals surface area (Å²) >= 11 is 0. The highest BCUT2D eigenvalue weighted by Crippen LogP contribution is 2.26. The molecule has 1 aromatic rings. The van der Waals surface area contributed by atoms with E-state index in [4.69, 9.17) is 10.5 Å². The van der Waals surface area contributed by atoms with E-state index in [1.54, 1.807) is 0 Å². The van der Waals surface area contributed by atoms with Gasteiger partial charge >= 0.3 is 0 Å². The van der Waals surface area contributed by atoms with Crippen LogP contribution in [0.3, 0.4) is 0 Å². The molecule has 2 N–H and O–H groups in total. The van der Waals surface area contributed by atoms with Crippen molar-refractivity contribution in [3.8, 4) is 0 Å². The lowest BCUT2D eigenvalue weighted by atomic mass is 9.94. The second-order valence-electron chi connectivity index (χ2n) is 6.97. The van der Waals surface area contributed by atoms with Gasteiger partial charge in [0.25, 0.3) is 0 Å². The van der Waals surface area contributed by atoms with E-state index in [1.165, 1.54) is 0 Å². The first-order valence-corrected chi connectivity index (χ1v) is 9.08. The van der Waals surface area contributed by atoms with Crippen LogP contribution in [0.25, 0.3) is 0 Å². The van der Waals surface area contributed by atoms with Gasteiger partial charge in [0.1, 0.15) is 0 Å². The first kappa shape index (κ1) is 23.2. The number of rotatable bonds is 5. The fourth-order valence-electron chi connectivity index (χ4n) is 3.78. The molecule has 5 nitrogen and oxygen atoms in total. The quantitative estimate of drug-likeness (QED) is 0.819. The minimum Gasteiger partial charge on any atom is -0.379 e. The third kappa shape index (κ3) is 5.57. The van der Waals surface area contributed by atoms with Gasteiger partial charge in [-0.2, -0.15) is 0 Å². The van der Waals surface area contributed by atoms with Crippen molar-refractivity contribution in [3.63, 3.8) is 0 Å². The second kappa shape index (κ2) is 11.1. The number of benzene rings is 1. The second-order valence-corrected chi connectivity index (χ2v) is 6.97. The summed E-state index contributed by atoms with van der Waals surface area (Å²) in [5.74, 6) is -0.000184. The first-order chi connectivity index (χ1) is 11.7. The number of hydrogen-bond acceptors (Lipinski definition) is 4. The van der Waals surface area contributed by atoms with Crippen molar-refractivity contribution < 1.29 is 9.53 Å². The SMILES string of the molecule is CC(C(=O)N1CCCC1CN1CCOCC1)C(N)c1ccccc1.Cl.Cl. The summed E-state index contributed by atoms with van der Waals surface area (Å²) in [4.78, 5) is 17.5. The molecule has 3 atom stereocenters. The normalized spacial score (nSPS) is 22.8. The lowest BCUT2D eigenvalue weighted by Gasteiger charge is -2.34. The van der Waals surface area contributed by atoms with Crippen LogP contribution < -0.4 is 5.73 Å². The molecule has 1 aromatic carbocycles. The van der Waals surface area contributed by atoms with Crippen LogP contribution in [0, 0.1) is 5.92 Å². The van der Waals surface area contributed by atoms with Crippen LogP contribution in [0.5, 0.6) is 0 Å². The van der Waals surface area contributed by atoms with Gasteiger partial charge in [-0.3, -0.25) is 9.69 Å². The zero-order valence-electron chi connectivity index (χ0n) is 15.4. The maximum atomic E-state index is 13.0. The molecule has 2 aliphatic heterocycles. The molecule has 1 amide bonds. The first-order valence-electron chi connectivity index (χ1n) is 9.08. The van der Waals surface area contributed by atoms with Crippen molar-refractivity contribution in [2.24, 2.45) is 11.7 Å². The van der Waals surface area contributed by atoms with Crippen molar-refractivity contribution in [1.29, 1.82) is 0 Å². The number of hydrogen-bond donors (Lipinski definition) is 1. The number of likely N-dealkylation sites (tertiary alicyclic amines) is 1. The van der Waals surface area contributed by atoms with Gasteiger partial charge in [-0.1, -0.05) is 37.3 Å². The number of halogens is 2. The van der Waals surface area contributed by atoms with E-state index in [-0.39, 0.29) is 42.7 Å². The van der Waals surface area contributed by atoms with Gasteiger partial charge in [-0.15, -0.1) is 24.8 Å². The number of nitrogens with two attached hydrogens (primary N) is 1. The Hall–Kier alpha value is -0.850. The van der Waals surface area contributed by atoms with Crippen LogP contribution in [0.1, 0.15) is 31.4 Å². The topological polar surface area (TPSA) is 58.8 Å². The molecule has 0 radical (unpaired) electrons. The highest BCUT2D eigenvalue weighted by Gasteiger charge is 2.34. The maximum Gasteiger partial charge on any atom is 0.227 e. The van der Waals surface area contributed by atoms with Gasteiger partial charge in [0.2, 0.25) is 5.91 Å². The summed E-state index contributed by atoms with van der Waals surface area (Å²) in [5.41, 5.74) is 7.39. The molecular formula is C19H31Cl2N3O2. The monoisotopic (exact) mass is 403 g/mol. The highest BCUT2D eigenvalue weighted by atomic mass is 35.5. The largest absolute Gasteiger partial charge is 0.379 e. The highest BCUT2D eigenvalue weighted by molar-refractivity contribution is 5.85. The molecule has 0 aliphatic carbocycles. The molecule has 0 aromatic heterocycles. The minimum atomic E-state index is -0.247. The average Bonchev–Trinajstić information content (AvgIpc) is 3.09. The molecule has 7 heteroatoms. The number of ether oxygens (including phenoxy) is 1.